The second-order valence-electron chi connectivity index (χ2n) is 6.11. The van der Waals surface area contributed by atoms with Gasteiger partial charge >= 0.3 is 7.12 Å². The van der Waals surface area contributed by atoms with E-state index in [2.05, 4.69) is 29.8 Å². The Morgan fingerprint density at radius 2 is 1.83 bits per heavy atom. The molecule has 0 saturated carbocycles. The van der Waals surface area contributed by atoms with E-state index in [9.17, 15) is 0 Å². The van der Waals surface area contributed by atoms with Gasteiger partial charge in [-0.05, 0) is 31.4 Å². The van der Waals surface area contributed by atoms with Gasteiger partial charge in [0.2, 0.25) is 0 Å². The molecule has 0 radical (unpaired) electrons. The summed E-state index contributed by atoms with van der Waals surface area (Å²) < 4.78 is 12.8. The number of hydrogen-bond donors (Lipinski definition) is 0. The SMILES string of the molecule is C=C1OB(c2ccc(-c3nc4ccccc4s3)cc2)OC1(C)C. The first-order valence-corrected chi connectivity index (χ1v) is 8.34. The molecule has 1 aromatic heterocycles. The van der Waals surface area contributed by atoms with Crippen LogP contribution in [-0.2, 0) is 9.31 Å². The summed E-state index contributed by atoms with van der Waals surface area (Å²) in [6.07, 6.45) is 0. The molecule has 2 heterocycles. The van der Waals surface area contributed by atoms with Crippen LogP contribution in [0.3, 0.4) is 0 Å². The van der Waals surface area contributed by atoms with Gasteiger partial charge < -0.3 is 9.31 Å². The number of hydrogen-bond acceptors (Lipinski definition) is 4. The first-order chi connectivity index (χ1) is 11.0. The number of nitrogens with zero attached hydrogens (tertiary/aromatic N) is 1. The molecule has 4 rings (SSSR count). The van der Waals surface area contributed by atoms with Crippen molar-refractivity contribution in [1.29, 1.82) is 0 Å². The van der Waals surface area contributed by atoms with Crippen molar-refractivity contribution < 1.29 is 9.31 Å². The summed E-state index contributed by atoms with van der Waals surface area (Å²) in [5, 5.41) is 1.02. The fraction of sp³-hybridized carbons (Fsp3) is 0.167. The highest BCUT2D eigenvalue weighted by molar-refractivity contribution is 7.21. The largest absolute Gasteiger partial charge is 0.563 e. The van der Waals surface area contributed by atoms with Crippen molar-refractivity contribution >= 4 is 34.1 Å². The van der Waals surface area contributed by atoms with Crippen molar-refractivity contribution in [3.63, 3.8) is 0 Å². The molecule has 23 heavy (non-hydrogen) atoms. The summed E-state index contributed by atoms with van der Waals surface area (Å²) in [6.45, 7) is 7.84. The summed E-state index contributed by atoms with van der Waals surface area (Å²) in [6, 6.07) is 16.4. The van der Waals surface area contributed by atoms with Gasteiger partial charge in [-0.1, -0.05) is 43.0 Å². The minimum absolute atomic E-state index is 0.387. The van der Waals surface area contributed by atoms with Gasteiger partial charge in [0.05, 0.1) is 16.0 Å². The molecule has 3 nitrogen and oxygen atoms in total. The number of benzene rings is 2. The molecule has 0 aliphatic carbocycles. The summed E-state index contributed by atoms with van der Waals surface area (Å²) in [5.41, 5.74) is 2.68. The van der Waals surface area contributed by atoms with Crippen LogP contribution in [0.4, 0.5) is 0 Å². The third kappa shape index (κ3) is 2.56. The van der Waals surface area contributed by atoms with Gasteiger partial charge in [-0.15, -0.1) is 11.3 Å². The smallest absolute Gasteiger partial charge is 0.534 e. The Kier molecular flexibility index (Phi) is 3.29. The molecule has 1 saturated heterocycles. The predicted octanol–water partition coefficient (Wildman–Crippen LogP) is 4.00. The van der Waals surface area contributed by atoms with Gasteiger partial charge in [-0.25, -0.2) is 4.98 Å². The Bertz CT molecular complexity index is 852. The van der Waals surface area contributed by atoms with Crippen LogP contribution in [0, 0.1) is 0 Å². The van der Waals surface area contributed by atoms with Crippen LogP contribution in [0.25, 0.3) is 20.8 Å². The van der Waals surface area contributed by atoms with Crippen LogP contribution in [0.1, 0.15) is 13.8 Å². The Balaban J connectivity index is 1.62. The van der Waals surface area contributed by atoms with Gasteiger partial charge in [-0.2, -0.15) is 0 Å². The molecular weight excluding hydrogens is 305 g/mol. The molecule has 0 spiro atoms. The van der Waals surface area contributed by atoms with Crippen LogP contribution in [0.5, 0.6) is 0 Å². The zero-order valence-electron chi connectivity index (χ0n) is 13.1. The second-order valence-corrected chi connectivity index (χ2v) is 7.14. The van der Waals surface area contributed by atoms with E-state index < -0.39 is 5.60 Å². The normalized spacial score (nSPS) is 16.8. The molecule has 1 aliphatic rings. The zero-order valence-corrected chi connectivity index (χ0v) is 13.9. The van der Waals surface area contributed by atoms with Gasteiger partial charge in [0.1, 0.15) is 10.6 Å². The predicted molar refractivity (Wildman–Crippen MR) is 95.8 cm³/mol. The van der Waals surface area contributed by atoms with E-state index in [0.29, 0.717) is 5.76 Å². The Hall–Kier alpha value is -2.11. The average molecular weight is 321 g/mol. The molecule has 0 bridgehead atoms. The van der Waals surface area contributed by atoms with E-state index in [0.717, 1.165) is 21.6 Å². The minimum Gasteiger partial charge on any atom is -0.534 e. The fourth-order valence-corrected chi connectivity index (χ4v) is 3.51. The topological polar surface area (TPSA) is 31.4 Å². The number of rotatable bonds is 2. The first-order valence-electron chi connectivity index (χ1n) is 7.53. The van der Waals surface area contributed by atoms with E-state index in [1.807, 2.05) is 44.2 Å². The maximum atomic E-state index is 5.91. The summed E-state index contributed by atoms with van der Waals surface area (Å²) in [5.74, 6) is 0.665. The lowest BCUT2D eigenvalue weighted by Gasteiger charge is -2.15. The molecule has 0 N–H and O–H groups in total. The lowest BCUT2D eigenvalue weighted by Crippen LogP contribution is -2.34. The molecule has 1 fully saturated rings. The molecule has 0 atom stereocenters. The quantitative estimate of drug-likeness (QED) is 0.669. The standard InChI is InChI=1S/C18H16BNO2S/c1-12-18(2,3)22-19(21-12)14-10-8-13(9-11-14)17-20-15-6-4-5-7-16(15)23-17/h4-11H,1H2,2-3H3. The fourth-order valence-electron chi connectivity index (χ4n) is 2.54. The Morgan fingerprint density at radius 3 is 2.48 bits per heavy atom. The highest BCUT2D eigenvalue weighted by Crippen LogP contribution is 2.31. The average Bonchev–Trinajstić information content (AvgIpc) is 3.09. The third-order valence-electron chi connectivity index (χ3n) is 4.05. The first kappa shape index (κ1) is 14.5. The van der Waals surface area contributed by atoms with E-state index in [1.165, 1.54) is 4.70 Å². The van der Waals surface area contributed by atoms with Crippen LogP contribution >= 0.6 is 11.3 Å². The minimum atomic E-state index is -0.448. The second kappa shape index (κ2) is 5.22. The molecule has 0 unspecified atom stereocenters. The molecular formula is C18H16BNO2S. The Labute approximate surface area is 139 Å². The van der Waals surface area contributed by atoms with Crippen molar-refractivity contribution in [2.24, 2.45) is 0 Å². The monoisotopic (exact) mass is 321 g/mol. The van der Waals surface area contributed by atoms with Gasteiger partial charge in [0.25, 0.3) is 0 Å². The summed E-state index contributed by atoms with van der Waals surface area (Å²) in [4.78, 5) is 4.69. The van der Waals surface area contributed by atoms with Crippen LogP contribution in [0.15, 0.2) is 60.9 Å². The van der Waals surface area contributed by atoms with Gasteiger partial charge in [0, 0.05) is 5.56 Å². The van der Waals surface area contributed by atoms with Gasteiger partial charge in [-0.3, -0.25) is 0 Å². The van der Waals surface area contributed by atoms with E-state index in [-0.39, 0.29) is 7.12 Å². The number of fused-ring (bicyclic) bond motifs is 1. The Morgan fingerprint density at radius 1 is 1.09 bits per heavy atom. The van der Waals surface area contributed by atoms with E-state index >= 15 is 0 Å². The molecule has 0 amide bonds. The third-order valence-corrected chi connectivity index (χ3v) is 5.13. The molecule has 3 aromatic rings. The van der Waals surface area contributed by atoms with Crippen molar-refractivity contribution in [3.8, 4) is 10.6 Å². The van der Waals surface area contributed by atoms with Crippen LogP contribution in [0.2, 0.25) is 0 Å². The summed E-state index contributed by atoms with van der Waals surface area (Å²) >= 11 is 1.70. The maximum absolute atomic E-state index is 5.91. The molecule has 5 heteroatoms. The molecule has 1 aliphatic heterocycles. The number of thiazole rings is 1. The highest BCUT2D eigenvalue weighted by Gasteiger charge is 2.42. The van der Waals surface area contributed by atoms with Crippen molar-refractivity contribution in [2.75, 3.05) is 0 Å². The molecule has 2 aromatic carbocycles. The van der Waals surface area contributed by atoms with Gasteiger partial charge in [0.15, 0.2) is 0 Å². The van der Waals surface area contributed by atoms with Crippen molar-refractivity contribution in [1.82, 2.24) is 4.98 Å². The number of aromatic nitrogens is 1. The van der Waals surface area contributed by atoms with Crippen molar-refractivity contribution in [3.05, 3.63) is 60.9 Å². The van der Waals surface area contributed by atoms with Crippen LogP contribution in [-0.4, -0.2) is 17.7 Å². The van der Waals surface area contributed by atoms with Crippen LogP contribution < -0.4 is 5.46 Å². The summed E-state index contributed by atoms with van der Waals surface area (Å²) in [7, 11) is -0.387. The lowest BCUT2D eigenvalue weighted by atomic mass is 9.79. The lowest BCUT2D eigenvalue weighted by molar-refractivity contribution is 0.173. The zero-order chi connectivity index (χ0) is 16.0. The molecule has 114 valence electrons. The maximum Gasteiger partial charge on any atom is 0.563 e. The van der Waals surface area contributed by atoms with E-state index in [4.69, 9.17) is 9.31 Å². The van der Waals surface area contributed by atoms with E-state index in [1.54, 1.807) is 11.3 Å². The van der Waals surface area contributed by atoms with Crippen molar-refractivity contribution in [2.45, 2.75) is 19.4 Å². The highest BCUT2D eigenvalue weighted by atomic mass is 32.1. The number of para-hydroxylation sites is 1.